The predicted molar refractivity (Wildman–Crippen MR) is 131 cm³/mol. The van der Waals surface area contributed by atoms with E-state index < -0.39 is 5.91 Å². The number of rotatable bonds is 6. The average Bonchev–Trinajstić information content (AvgIpc) is 2.80. The number of hydrogen-bond acceptors (Lipinski definition) is 6. The van der Waals surface area contributed by atoms with Gasteiger partial charge in [0.25, 0.3) is 5.91 Å². The number of ether oxygens (including phenoxy) is 1. The summed E-state index contributed by atoms with van der Waals surface area (Å²) in [6, 6.07) is 6.95. The summed E-state index contributed by atoms with van der Waals surface area (Å²) >= 11 is 0. The minimum atomic E-state index is -0.407. The molecular formula is C25H32N6O3. The molecule has 3 rings (SSSR count). The van der Waals surface area contributed by atoms with Gasteiger partial charge in [0.15, 0.2) is 5.84 Å². The van der Waals surface area contributed by atoms with Crippen molar-refractivity contribution < 1.29 is 14.3 Å². The van der Waals surface area contributed by atoms with Crippen LogP contribution in [0.3, 0.4) is 0 Å². The van der Waals surface area contributed by atoms with Crippen LogP contribution in [0.5, 0.6) is 0 Å². The molecule has 0 bridgehead atoms. The van der Waals surface area contributed by atoms with Crippen molar-refractivity contribution >= 4 is 23.7 Å². The lowest BCUT2D eigenvalue weighted by Crippen LogP contribution is -2.37. The first-order valence-corrected chi connectivity index (χ1v) is 11.4. The summed E-state index contributed by atoms with van der Waals surface area (Å²) in [5.74, 6) is 0.164. The number of fused-ring (bicyclic) bond motifs is 1. The Kier molecular flexibility index (Phi) is 7.99. The molecule has 2 aromatic rings. The standard InChI is InChI=1S/C25H32N6O3/c1-6-11-31(16(2)3)23(26)20-8-7-9-22(28-20)29-24(32)21-13-19-15-30(25(33)34-17(4)5)12-10-18(19)14-27-21/h6-9,11,13-14,16-17,26H,10,12,15H2,1-5H3,(H,28,29,32)/b11-6+,26-23?. The van der Waals surface area contributed by atoms with E-state index in [0.29, 0.717) is 31.0 Å². The number of carbonyl (C=O) groups is 2. The van der Waals surface area contributed by atoms with Crippen LogP contribution in [0.15, 0.2) is 42.7 Å². The van der Waals surface area contributed by atoms with Crippen LogP contribution in [0.2, 0.25) is 0 Å². The topological polar surface area (TPSA) is 112 Å². The van der Waals surface area contributed by atoms with Crippen LogP contribution >= 0.6 is 0 Å². The van der Waals surface area contributed by atoms with Gasteiger partial charge in [-0.3, -0.25) is 15.2 Å². The van der Waals surface area contributed by atoms with E-state index in [-0.39, 0.29) is 29.8 Å². The molecule has 1 aliphatic rings. The van der Waals surface area contributed by atoms with Crippen molar-refractivity contribution in [2.75, 3.05) is 11.9 Å². The van der Waals surface area contributed by atoms with Crippen LogP contribution in [-0.4, -0.2) is 56.3 Å². The third kappa shape index (κ3) is 5.98. The molecule has 2 amide bonds. The molecule has 0 unspecified atom stereocenters. The van der Waals surface area contributed by atoms with E-state index in [9.17, 15) is 9.59 Å². The lowest BCUT2D eigenvalue weighted by molar-refractivity contribution is 0.0729. The number of anilines is 1. The third-order valence-electron chi connectivity index (χ3n) is 5.28. The zero-order valence-electron chi connectivity index (χ0n) is 20.3. The molecule has 2 N–H and O–H groups in total. The van der Waals surface area contributed by atoms with Crippen LogP contribution in [0, 0.1) is 5.41 Å². The number of aromatic nitrogens is 2. The van der Waals surface area contributed by atoms with Crippen molar-refractivity contribution in [2.45, 2.75) is 59.7 Å². The second kappa shape index (κ2) is 10.9. The Morgan fingerprint density at radius 3 is 2.65 bits per heavy atom. The molecule has 0 fully saturated rings. The van der Waals surface area contributed by atoms with Gasteiger partial charge >= 0.3 is 6.09 Å². The first-order chi connectivity index (χ1) is 16.2. The quantitative estimate of drug-likeness (QED) is 0.489. The molecule has 9 heteroatoms. The second-order valence-electron chi connectivity index (χ2n) is 8.64. The summed E-state index contributed by atoms with van der Waals surface area (Å²) in [5.41, 5.74) is 2.56. The molecule has 34 heavy (non-hydrogen) atoms. The minimum Gasteiger partial charge on any atom is -0.447 e. The largest absolute Gasteiger partial charge is 0.447 e. The van der Waals surface area contributed by atoms with Gasteiger partial charge in [-0.1, -0.05) is 12.1 Å². The second-order valence-corrected chi connectivity index (χ2v) is 8.64. The summed E-state index contributed by atoms with van der Waals surface area (Å²) in [6.07, 6.45) is 5.49. The summed E-state index contributed by atoms with van der Waals surface area (Å²) in [4.78, 5) is 37.3. The predicted octanol–water partition coefficient (Wildman–Crippen LogP) is 4.20. The Hall–Kier alpha value is -3.75. The molecule has 0 saturated carbocycles. The lowest BCUT2D eigenvalue weighted by atomic mass is 10.0. The van der Waals surface area contributed by atoms with Crippen LogP contribution in [0.1, 0.15) is 61.9 Å². The first-order valence-electron chi connectivity index (χ1n) is 11.4. The van der Waals surface area contributed by atoms with Gasteiger partial charge in [0.1, 0.15) is 17.2 Å². The number of carbonyl (C=O) groups excluding carboxylic acids is 2. The molecule has 0 atom stereocenters. The molecule has 180 valence electrons. The van der Waals surface area contributed by atoms with Gasteiger partial charge in [0.2, 0.25) is 0 Å². The molecule has 0 aliphatic carbocycles. The summed E-state index contributed by atoms with van der Waals surface area (Å²) in [5, 5.41) is 11.3. The van der Waals surface area contributed by atoms with Crippen molar-refractivity contribution in [3.05, 3.63) is 65.3 Å². The van der Waals surface area contributed by atoms with E-state index in [1.54, 1.807) is 40.3 Å². The Morgan fingerprint density at radius 2 is 1.97 bits per heavy atom. The summed E-state index contributed by atoms with van der Waals surface area (Å²) < 4.78 is 5.30. The fourth-order valence-electron chi connectivity index (χ4n) is 3.61. The van der Waals surface area contributed by atoms with Crippen molar-refractivity contribution in [3.63, 3.8) is 0 Å². The highest BCUT2D eigenvalue weighted by Gasteiger charge is 2.24. The molecular weight excluding hydrogens is 432 g/mol. The van der Waals surface area contributed by atoms with E-state index in [0.717, 1.165) is 11.1 Å². The van der Waals surface area contributed by atoms with Gasteiger partial charge in [-0.25, -0.2) is 9.78 Å². The molecule has 2 aromatic heterocycles. The molecule has 3 heterocycles. The number of amides is 2. The monoisotopic (exact) mass is 464 g/mol. The molecule has 9 nitrogen and oxygen atoms in total. The van der Waals surface area contributed by atoms with Crippen molar-refractivity contribution in [3.8, 4) is 0 Å². The fourth-order valence-corrected chi connectivity index (χ4v) is 3.61. The highest BCUT2D eigenvalue weighted by molar-refractivity contribution is 6.03. The van der Waals surface area contributed by atoms with E-state index in [4.69, 9.17) is 10.1 Å². The maximum Gasteiger partial charge on any atom is 0.410 e. The van der Waals surface area contributed by atoms with Crippen molar-refractivity contribution in [1.82, 2.24) is 19.8 Å². The van der Waals surface area contributed by atoms with Gasteiger partial charge in [0.05, 0.1) is 6.10 Å². The Balaban J connectivity index is 1.74. The highest BCUT2D eigenvalue weighted by Crippen LogP contribution is 2.21. The molecule has 0 saturated heterocycles. The maximum atomic E-state index is 12.9. The number of hydrogen-bond donors (Lipinski definition) is 2. The number of amidine groups is 1. The van der Waals surface area contributed by atoms with Gasteiger partial charge in [-0.15, -0.1) is 0 Å². The summed E-state index contributed by atoms with van der Waals surface area (Å²) in [7, 11) is 0. The van der Waals surface area contributed by atoms with Crippen molar-refractivity contribution in [1.29, 1.82) is 5.41 Å². The third-order valence-corrected chi connectivity index (χ3v) is 5.28. The van der Waals surface area contributed by atoms with Gasteiger partial charge in [-0.05, 0) is 70.4 Å². The van der Waals surface area contributed by atoms with Gasteiger partial charge in [0, 0.05) is 31.5 Å². The van der Waals surface area contributed by atoms with Crippen LogP contribution in [0.4, 0.5) is 10.6 Å². The minimum absolute atomic E-state index is 0.0841. The van der Waals surface area contributed by atoms with Crippen LogP contribution in [0.25, 0.3) is 0 Å². The van der Waals surface area contributed by atoms with Gasteiger partial charge in [-0.2, -0.15) is 0 Å². The maximum absolute atomic E-state index is 12.9. The molecule has 0 aromatic carbocycles. The fraction of sp³-hybridized carbons (Fsp3) is 0.400. The Bertz CT molecular complexity index is 1100. The molecule has 0 spiro atoms. The Morgan fingerprint density at radius 1 is 1.21 bits per heavy atom. The van der Waals surface area contributed by atoms with E-state index in [1.165, 1.54) is 0 Å². The van der Waals surface area contributed by atoms with Crippen LogP contribution in [-0.2, 0) is 17.7 Å². The Labute approximate surface area is 200 Å². The average molecular weight is 465 g/mol. The number of pyridine rings is 2. The number of allylic oxidation sites excluding steroid dienone is 1. The van der Waals surface area contributed by atoms with Gasteiger partial charge < -0.3 is 19.9 Å². The number of nitrogens with one attached hydrogen (secondary N) is 2. The zero-order valence-corrected chi connectivity index (χ0v) is 20.3. The number of nitrogens with zero attached hydrogens (tertiary/aromatic N) is 4. The highest BCUT2D eigenvalue weighted by atomic mass is 16.6. The van der Waals surface area contributed by atoms with E-state index in [2.05, 4.69) is 15.3 Å². The smallest absolute Gasteiger partial charge is 0.410 e. The normalized spacial score (nSPS) is 13.2. The van der Waals surface area contributed by atoms with Crippen molar-refractivity contribution in [2.24, 2.45) is 0 Å². The zero-order chi connectivity index (χ0) is 24.8. The molecule has 0 radical (unpaired) electrons. The first kappa shape index (κ1) is 24.9. The van der Waals surface area contributed by atoms with E-state index >= 15 is 0 Å². The molecule has 1 aliphatic heterocycles. The van der Waals surface area contributed by atoms with Crippen LogP contribution < -0.4 is 5.32 Å². The van der Waals surface area contributed by atoms with E-state index in [1.807, 2.05) is 46.9 Å². The SMILES string of the molecule is C/C=C/N(C(=N)c1cccc(NC(=O)c2cc3c(cn2)CCN(C(=O)OC(C)C)C3)n1)C(C)C. The summed E-state index contributed by atoms with van der Waals surface area (Å²) in [6.45, 7) is 10.4. The lowest BCUT2D eigenvalue weighted by Gasteiger charge is -2.28.